The van der Waals surface area contributed by atoms with Crippen LogP contribution in [-0.2, 0) is 6.54 Å². The molecule has 2 rings (SSSR count). The molecule has 0 amide bonds. The Balaban J connectivity index is 2.26. The van der Waals surface area contributed by atoms with E-state index < -0.39 is 0 Å². The van der Waals surface area contributed by atoms with Crippen LogP contribution in [0.4, 0.5) is 0 Å². The molecule has 0 aliphatic carbocycles. The Morgan fingerprint density at radius 3 is 2.61 bits per heavy atom. The van der Waals surface area contributed by atoms with E-state index in [1.54, 1.807) is 0 Å². The van der Waals surface area contributed by atoms with Crippen molar-refractivity contribution in [2.45, 2.75) is 58.2 Å². The van der Waals surface area contributed by atoms with Gasteiger partial charge in [0.2, 0.25) is 0 Å². The zero-order valence-electron chi connectivity index (χ0n) is 11.9. The van der Waals surface area contributed by atoms with Crippen LogP contribution in [0.5, 0.6) is 0 Å². The highest BCUT2D eigenvalue weighted by Gasteiger charge is 2.39. The molecule has 2 N–H and O–H groups in total. The van der Waals surface area contributed by atoms with Gasteiger partial charge in [0.15, 0.2) is 0 Å². The first-order valence-electron chi connectivity index (χ1n) is 7.15. The standard InChI is InChI=1S/C14H26N4/c1-4-14(3,17-10-6-7-11-17)13(15)12-8-9-16-18(12)5-2/h8-9,13H,4-7,10-11,15H2,1-3H3. The zero-order valence-corrected chi connectivity index (χ0v) is 11.9. The molecule has 0 spiro atoms. The van der Waals surface area contributed by atoms with Crippen LogP contribution in [0.1, 0.15) is 51.8 Å². The summed E-state index contributed by atoms with van der Waals surface area (Å²) >= 11 is 0. The van der Waals surface area contributed by atoms with Gasteiger partial charge in [-0.05, 0) is 52.3 Å². The summed E-state index contributed by atoms with van der Waals surface area (Å²) in [7, 11) is 0. The summed E-state index contributed by atoms with van der Waals surface area (Å²) in [5.41, 5.74) is 7.79. The fraction of sp³-hybridized carbons (Fsp3) is 0.786. The monoisotopic (exact) mass is 250 g/mol. The second-order valence-corrected chi connectivity index (χ2v) is 5.45. The Morgan fingerprint density at radius 1 is 1.39 bits per heavy atom. The van der Waals surface area contributed by atoms with E-state index in [9.17, 15) is 0 Å². The summed E-state index contributed by atoms with van der Waals surface area (Å²) in [6.07, 6.45) is 5.53. The van der Waals surface area contributed by atoms with Crippen molar-refractivity contribution >= 4 is 0 Å². The number of aryl methyl sites for hydroxylation is 1. The maximum atomic E-state index is 6.58. The Hall–Kier alpha value is -0.870. The average Bonchev–Trinajstić information content (AvgIpc) is 3.06. The Labute approximate surface area is 110 Å². The Bertz CT molecular complexity index is 381. The van der Waals surface area contributed by atoms with E-state index in [-0.39, 0.29) is 11.6 Å². The number of aromatic nitrogens is 2. The second kappa shape index (κ2) is 5.41. The quantitative estimate of drug-likeness (QED) is 0.871. The van der Waals surface area contributed by atoms with Crippen LogP contribution in [-0.4, -0.2) is 33.3 Å². The van der Waals surface area contributed by atoms with Crippen molar-refractivity contribution < 1.29 is 0 Å². The van der Waals surface area contributed by atoms with Crippen LogP contribution < -0.4 is 5.73 Å². The third-order valence-corrected chi connectivity index (χ3v) is 4.58. The van der Waals surface area contributed by atoms with Gasteiger partial charge in [0.05, 0.1) is 11.7 Å². The lowest BCUT2D eigenvalue weighted by Crippen LogP contribution is -2.52. The smallest absolute Gasteiger partial charge is 0.0651 e. The first-order valence-corrected chi connectivity index (χ1v) is 7.15. The Morgan fingerprint density at radius 2 is 2.06 bits per heavy atom. The number of hydrogen-bond acceptors (Lipinski definition) is 3. The molecular formula is C14H26N4. The molecule has 1 aliphatic heterocycles. The third kappa shape index (κ3) is 2.19. The average molecular weight is 250 g/mol. The molecule has 1 aromatic heterocycles. The summed E-state index contributed by atoms with van der Waals surface area (Å²) in [5, 5.41) is 4.35. The van der Waals surface area contributed by atoms with Gasteiger partial charge in [-0.25, -0.2) is 0 Å². The van der Waals surface area contributed by atoms with Crippen molar-refractivity contribution in [2.75, 3.05) is 13.1 Å². The normalized spacial score (nSPS) is 22.0. The molecule has 2 unspecified atom stereocenters. The molecule has 1 aromatic rings. The van der Waals surface area contributed by atoms with Gasteiger partial charge >= 0.3 is 0 Å². The molecule has 1 fully saturated rings. The lowest BCUT2D eigenvalue weighted by Gasteiger charge is -2.43. The van der Waals surface area contributed by atoms with E-state index in [1.165, 1.54) is 25.9 Å². The Kier molecular flexibility index (Phi) is 4.07. The molecule has 1 aliphatic rings. The van der Waals surface area contributed by atoms with Crippen molar-refractivity contribution in [1.82, 2.24) is 14.7 Å². The molecule has 2 heterocycles. The molecule has 4 nitrogen and oxygen atoms in total. The summed E-state index contributed by atoms with van der Waals surface area (Å²) in [4.78, 5) is 2.56. The lowest BCUT2D eigenvalue weighted by atomic mass is 9.86. The molecule has 18 heavy (non-hydrogen) atoms. The maximum Gasteiger partial charge on any atom is 0.0651 e. The summed E-state index contributed by atoms with van der Waals surface area (Å²) in [6, 6.07) is 2.10. The molecule has 4 heteroatoms. The first kappa shape index (κ1) is 13.6. The molecule has 0 saturated carbocycles. The third-order valence-electron chi connectivity index (χ3n) is 4.58. The van der Waals surface area contributed by atoms with Crippen LogP contribution in [0.25, 0.3) is 0 Å². The summed E-state index contributed by atoms with van der Waals surface area (Å²) in [5.74, 6) is 0. The van der Waals surface area contributed by atoms with E-state index in [1.807, 2.05) is 10.9 Å². The maximum absolute atomic E-state index is 6.58. The highest BCUT2D eigenvalue weighted by Crippen LogP contribution is 2.34. The topological polar surface area (TPSA) is 47.1 Å². The number of nitrogens with two attached hydrogens (primary N) is 1. The van der Waals surface area contributed by atoms with E-state index in [0.717, 1.165) is 18.7 Å². The number of rotatable bonds is 5. The fourth-order valence-corrected chi connectivity index (χ4v) is 3.06. The molecule has 0 bridgehead atoms. The van der Waals surface area contributed by atoms with Gasteiger partial charge in [-0.1, -0.05) is 6.92 Å². The van der Waals surface area contributed by atoms with Crippen LogP contribution >= 0.6 is 0 Å². The lowest BCUT2D eigenvalue weighted by molar-refractivity contribution is 0.0966. The minimum absolute atomic E-state index is 0.0306. The van der Waals surface area contributed by atoms with Crippen molar-refractivity contribution in [2.24, 2.45) is 5.73 Å². The summed E-state index contributed by atoms with van der Waals surface area (Å²) < 4.78 is 2.02. The van der Waals surface area contributed by atoms with Gasteiger partial charge in [0.25, 0.3) is 0 Å². The van der Waals surface area contributed by atoms with Gasteiger partial charge in [0, 0.05) is 18.3 Å². The van der Waals surface area contributed by atoms with Crippen LogP contribution in [0.15, 0.2) is 12.3 Å². The predicted molar refractivity (Wildman–Crippen MR) is 74.3 cm³/mol. The zero-order chi connectivity index (χ0) is 13.2. The molecule has 0 radical (unpaired) electrons. The minimum Gasteiger partial charge on any atom is -0.321 e. The number of nitrogens with zero attached hydrogens (tertiary/aromatic N) is 3. The van der Waals surface area contributed by atoms with Crippen LogP contribution in [0.3, 0.4) is 0 Å². The van der Waals surface area contributed by atoms with Gasteiger partial charge in [-0.2, -0.15) is 5.10 Å². The second-order valence-electron chi connectivity index (χ2n) is 5.45. The van der Waals surface area contributed by atoms with E-state index in [0.29, 0.717) is 0 Å². The van der Waals surface area contributed by atoms with Crippen LogP contribution in [0.2, 0.25) is 0 Å². The summed E-state index contributed by atoms with van der Waals surface area (Å²) in [6.45, 7) is 9.90. The van der Waals surface area contributed by atoms with Gasteiger partial charge in [-0.3, -0.25) is 9.58 Å². The predicted octanol–water partition coefficient (Wildman–Crippen LogP) is 2.17. The van der Waals surface area contributed by atoms with Gasteiger partial charge in [0.1, 0.15) is 0 Å². The van der Waals surface area contributed by atoms with E-state index in [4.69, 9.17) is 5.73 Å². The minimum atomic E-state index is 0.0306. The molecular weight excluding hydrogens is 224 g/mol. The number of likely N-dealkylation sites (tertiary alicyclic amines) is 1. The SMILES string of the molecule is CCn1nccc1C(N)C(C)(CC)N1CCCC1. The van der Waals surface area contributed by atoms with Crippen molar-refractivity contribution in [3.05, 3.63) is 18.0 Å². The van der Waals surface area contributed by atoms with Crippen molar-refractivity contribution in [3.8, 4) is 0 Å². The van der Waals surface area contributed by atoms with Crippen molar-refractivity contribution in [1.29, 1.82) is 0 Å². The highest BCUT2D eigenvalue weighted by molar-refractivity contribution is 5.14. The fourth-order valence-electron chi connectivity index (χ4n) is 3.06. The first-order chi connectivity index (χ1) is 8.63. The van der Waals surface area contributed by atoms with Gasteiger partial charge in [-0.15, -0.1) is 0 Å². The van der Waals surface area contributed by atoms with Crippen LogP contribution in [0, 0.1) is 0 Å². The molecule has 1 saturated heterocycles. The van der Waals surface area contributed by atoms with E-state index in [2.05, 4.69) is 36.8 Å². The van der Waals surface area contributed by atoms with E-state index >= 15 is 0 Å². The van der Waals surface area contributed by atoms with Crippen molar-refractivity contribution in [3.63, 3.8) is 0 Å². The molecule has 102 valence electrons. The number of hydrogen-bond donors (Lipinski definition) is 1. The highest BCUT2D eigenvalue weighted by atomic mass is 15.3. The van der Waals surface area contributed by atoms with Gasteiger partial charge < -0.3 is 5.73 Å². The largest absolute Gasteiger partial charge is 0.321 e. The molecule has 2 atom stereocenters. The molecule has 0 aromatic carbocycles.